The summed E-state index contributed by atoms with van der Waals surface area (Å²) in [6.07, 6.45) is 0. The lowest BCUT2D eigenvalue weighted by atomic mass is 10.2. The number of esters is 1. The molecule has 18 heavy (non-hydrogen) atoms. The highest BCUT2D eigenvalue weighted by Gasteiger charge is 2.12. The number of carbonyl (C=O) groups excluding carboxylic acids is 1. The number of carbonyl (C=O) groups is 1. The van der Waals surface area contributed by atoms with E-state index in [9.17, 15) is 4.79 Å². The number of aryl methyl sites for hydroxylation is 1. The molecule has 1 heterocycles. The summed E-state index contributed by atoms with van der Waals surface area (Å²) in [7, 11) is 1.82. The van der Waals surface area contributed by atoms with Crippen molar-refractivity contribution in [2.45, 2.75) is 33.6 Å². The average Bonchev–Trinajstić information content (AvgIpc) is 2.28. The molecular formula is C13H21N3O2. The van der Waals surface area contributed by atoms with Gasteiger partial charge in [-0.25, -0.2) is 9.97 Å². The Labute approximate surface area is 108 Å². The van der Waals surface area contributed by atoms with Gasteiger partial charge in [-0.1, -0.05) is 13.8 Å². The molecule has 0 aliphatic heterocycles. The molecule has 0 spiro atoms. The predicted octanol–water partition coefficient (Wildman–Crippen LogP) is 1.91. The number of nitrogens with zero attached hydrogens (tertiary/aromatic N) is 3. The standard InChI is InChI=1S/C13H21N3O2/c1-6-18-12(17)8-16(5)11-7-10(4)14-13(15-11)9(2)3/h7,9H,6,8H2,1-5H3. The second-order valence-electron chi connectivity index (χ2n) is 4.54. The fraction of sp³-hybridized carbons (Fsp3) is 0.615. The zero-order valence-electron chi connectivity index (χ0n) is 11.7. The van der Waals surface area contributed by atoms with Crippen molar-refractivity contribution in [2.24, 2.45) is 0 Å². The van der Waals surface area contributed by atoms with Crippen LogP contribution in [0.1, 0.15) is 38.2 Å². The average molecular weight is 251 g/mol. The van der Waals surface area contributed by atoms with Crippen molar-refractivity contribution in [3.05, 3.63) is 17.6 Å². The number of anilines is 1. The Hall–Kier alpha value is -1.65. The van der Waals surface area contributed by atoms with E-state index in [2.05, 4.69) is 9.97 Å². The summed E-state index contributed by atoms with van der Waals surface area (Å²) in [5.74, 6) is 1.56. The highest BCUT2D eigenvalue weighted by molar-refractivity contribution is 5.75. The van der Waals surface area contributed by atoms with Crippen LogP contribution in [0.25, 0.3) is 0 Å². The number of rotatable bonds is 5. The molecule has 0 amide bonds. The number of hydrogen-bond acceptors (Lipinski definition) is 5. The maximum absolute atomic E-state index is 11.4. The third kappa shape index (κ3) is 3.98. The molecule has 0 N–H and O–H groups in total. The largest absolute Gasteiger partial charge is 0.465 e. The van der Waals surface area contributed by atoms with Gasteiger partial charge < -0.3 is 9.64 Å². The minimum Gasteiger partial charge on any atom is -0.465 e. The molecule has 1 aromatic heterocycles. The maximum Gasteiger partial charge on any atom is 0.325 e. The minimum absolute atomic E-state index is 0.196. The Balaban J connectivity index is 2.85. The van der Waals surface area contributed by atoms with Gasteiger partial charge in [0.05, 0.1) is 6.61 Å². The summed E-state index contributed by atoms with van der Waals surface area (Å²) < 4.78 is 4.92. The van der Waals surface area contributed by atoms with Crippen molar-refractivity contribution < 1.29 is 9.53 Å². The van der Waals surface area contributed by atoms with Crippen LogP contribution in [0.2, 0.25) is 0 Å². The monoisotopic (exact) mass is 251 g/mol. The van der Waals surface area contributed by atoms with Crippen molar-refractivity contribution in [2.75, 3.05) is 25.1 Å². The predicted molar refractivity (Wildman–Crippen MR) is 70.8 cm³/mol. The van der Waals surface area contributed by atoms with Crippen LogP contribution in [0.4, 0.5) is 5.82 Å². The first-order valence-corrected chi connectivity index (χ1v) is 6.16. The van der Waals surface area contributed by atoms with E-state index in [0.29, 0.717) is 6.61 Å². The number of hydrogen-bond donors (Lipinski definition) is 0. The molecule has 5 nitrogen and oxygen atoms in total. The van der Waals surface area contributed by atoms with Crippen LogP contribution >= 0.6 is 0 Å². The molecule has 0 saturated carbocycles. The molecule has 0 aliphatic rings. The molecule has 0 radical (unpaired) electrons. The summed E-state index contributed by atoms with van der Waals surface area (Å²) in [4.78, 5) is 22.0. The van der Waals surface area contributed by atoms with Gasteiger partial charge in [0.2, 0.25) is 0 Å². The van der Waals surface area contributed by atoms with E-state index in [0.717, 1.165) is 17.3 Å². The van der Waals surface area contributed by atoms with Gasteiger partial charge in [0.1, 0.15) is 18.2 Å². The van der Waals surface area contributed by atoms with Gasteiger partial charge in [0, 0.05) is 24.7 Å². The van der Waals surface area contributed by atoms with Gasteiger partial charge in [0.15, 0.2) is 0 Å². The third-order valence-electron chi connectivity index (χ3n) is 2.44. The van der Waals surface area contributed by atoms with Crippen LogP contribution in [0.5, 0.6) is 0 Å². The zero-order chi connectivity index (χ0) is 13.7. The second-order valence-corrected chi connectivity index (χ2v) is 4.54. The smallest absolute Gasteiger partial charge is 0.325 e. The van der Waals surface area contributed by atoms with Gasteiger partial charge in [-0.05, 0) is 13.8 Å². The lowest BCUT2D eigenvalue weighted by Gasteiger charge is -2.18. The summed E-state index contributed by atoms with van der Waals surface area (Å²) in [5.41, 5.74) is 0.902. The first-order chi connectivity index (χ1) is 8.43. The van der Waals surface area contributed by atoms with E-state index >= 15 is 0 Å². The second kappa shape index (κ2) is 6.33. The van der Waals surface area contributed by atoms with Crippen LogP contribution in [0.3, 0.4) is 0 Å². The molecule has 1 rings (SSSR count). The fourth-order valence-corrected chi connectivity index (χ4v) is 1.51. The summed E-state index contributed by atoms with van der Waals surface area (Å²) >= 11 is 0. The quantitative estimate of drug-likeness (QED) is 0.748. The molecular weight excluding hydrogens is 230 g/mol. The molecule has 1 aromatic rings. The van der Waals surface area contributed by atoms with Gasteiger partial charge in [-0.2, -0.15) is 0 Å². The van der Waals surface area contributed by atoms with Crippen LogP contribution in [-0.4, -0.2) is 36.1 Å². The first kappa shape index (κ1) is 14.4. The molecule has 0 bridgehead atoms. The van der Waals surface area contributed by atoms with Crippen molar-refractivity contribution in [1.82, 2.24) is 9.97 Å². The lowest BCUT2D eigenvalue weighted by molar-refractivity contribution is -0.141. The highest BCUT2D eigenvalue weighted by atomic mass is 16.5. The molecule has 100 valence electrons. The van der Waals surface area contributed by atoms with Crippen molar-refractivity contribution in [3.63, 3.8) is 0 Å². The van der Waals surface area contributed by atoms with Gasteiger partial charge in [-0.15, -0.1) is 0 Å². The Morgan fingerprint density at radius 2 is 2.11 bits per heavy atom. The molecule has 0 aliphatic carbocycles. The van der Waals surface area contributed by atoms with Crippen molar-refractivity contribution in [3.8, 4) is 0 Å². The number of likely N-dealkylation sites (N-methyl/N-ethyl adjacent to an activating group) is 1. The van der Waals surface area contributed by atoms with Gasteiger partial charge in [0.25, 0.3) is 0 Å². The summed E-state index contributed by atoms with van der Waals surface area (Å²) in [6.45, 7) is 8.40. The van der Waals surface area contributed by atoms with E-state index in [-0.39, 0.29) is 18.4 Å². The van der Waals surface area contributed by atoms with Crippen molar-refractivity contribution >= 4 is 11.8 Å². The zero-order valence-corrected chi connectivity index (χ0v) is 11.7. The number of aromatic nitrogens is 2. The van der Waals surface area contributed by atoms with Crippen LogP contribution in [-0.2, 0) is 9.53 Å². The summed E-state index contributed by atoms with van der Waals surface area (Å²) in [6, 6.07) is 1.87. The van der Waals surface area contributed by atoms with Crippen LogP contribution < -0.4 is 4.90 Å². The van der Waals surface area contributed by atoms with E-state index in [1.165, 1.54) is 0 Å². The molecule has 0 fully saturated rings. The normalized spacial score (nSPS) is 10.6. The third-order valence-corrected chi connectivity index (χ3v) is 2.44. The molecule has 5 heteroatoms. The lowest BCUT2D eigenvalue weighted by Crippen LogP contribution is -2.28. The fourth-order valence-electron chi connectivity index (χ4n) is 1.51. The van der Waals surface area contributed by atoms with Crippen molar-refractivity contribution in [1.29, 1.82) is 0 Å². The topological polar surface area (TPSA) is 55.3 Å². The molecule has 0 aromatic carbocycles. The Kier molecular flexibility index (Phi) is 5.07. The molecule has 0 saturated heterocycles. The van der Waals surface area contributed by atoms with E-state index < -0.39 is 0 Å². The van der Waals surface area contributed by atoms with Gasteiger partial charge in [-0.3, -0.25) is 4.79 Å². The molecule has 0 atom stereocenters. The van der Waals surface area contributed by atoms with E-state index in [4.69, 9.17) is 4.74 Å². The van der Waals surface area contributed by atoms with Gasteiger partial charge >= 0.3 is 5.97 Å². The number of ether oxygens (including phenoxy) is 1. The Bertz CT molecular complexity index is 419. The first-order valence-electron chi connectivity index (χ1n) is 6.16. The van der Waals surface area contributed by atoms with E-state index in [1.807, 2.05) is 33.9 Å². The molecule has 0 unspecified atom stereocenters. The van der Waals surface area contributed by atoms with Crippen LogP contribution in [0, 0.1) is 6.92 Å². The van der Waals surface area contributed by atoms with Crippen LogP contribution in [0.15, 0.2) is 6.07 Å². The Morgan fingerprint density at radius 1 is 1.44 bits per heavy atom. The Morgan fingerprint density at radius 3 is 2.67 bits per heavy atom. The highest BCUT2D eigenvalue weighted by Crippen LogP contribution is 2.16. The van der Waals surface area contributed by atoms with E-state index in [1.54, 1.807) is 11.8 Å². The minimum atomic E-state index is -0.248. The summed E-state index contributed by atoms with van der Waals surface area (Å²) in [5, 5.41) is 0. The SMILES string of the molecule is CCOC(=O)CN(C)c1cc(C)nc(C(C)C)n1. The maximum atomic E-state index is 11.4.